The topological polar surface area (TPSA) is 118 Å². The average Bonchev–Trinajstić information content (AvgIpc) is 3.37. The lowest BCUT2D eigenvalue weighted by Gasteiger charge is -2.27. The second-order valence-electron chi connectivity index (χ2n) is 5.95. The van der Waals surface area contributed by atoms with Gasteiger partial charge in [0.1, 0.15) is 24.0 Å². The third-order valence-corrected chi connectivity index (χ3v) is 5.12. The largest absolute Gasteiger partial charge is 0.504 e. The number of esters is 1. The Bertz CT molecular complexity index is 899. The maximum Gasteiger partial charge on any atom is 0.351 e. The summed E-state index contributed by atoms with van der Waals surface area (Å²) in [5, 5.41) is 18.0. The minimum atomic E-state index is -0.618. The van der Waals surface area contributed by atoms with Crippen molar-refractivity contribution in [2.45, 2.75) is 46.6 Å². The number of aromatic hydroxyl groups is 1. The molecular weight excluding hydrogens is 408 g/mol. The number of Topliss-reactive ketones (excluding diaryl/α,β-unsaturated/α-hetero) is 1. The molecule has 30 heavy (non-hydrogen) atoms. The van der Waals surface area contributed by atoms with Gasteiger partial charge in [-0.3, -0.25) is 4.79 Å². The van der Waals surface area contributed by atoms with Crippen molar-refractivity contribution in [2.24, 2.45) is 0 Å². The number of methoxy groups -OCH3 is 1. The van der Waals surface area contributed by atoms with E-state index in [1.54, 1.807) is 5.38 Å². The number of anilines is 1. The zero-order valence-electron chi connectivity index (χ0n) is 17.8. The fourth-order valence-electron chi connectivity index (χ4n) is 2.71. The maximum absolute atomic E-state index is 12.0. The number of aryl methyl sites for hydroxylation is 1. The van der Waals surface area contributed by atoms with E-state index in [0.717, 1.165) is 35.0 Å². The number of nitrogens with one attached hydrogen (secondary N) is 2. The quantitative estimate of drug-likeness (QED) is 0.549. The number of rotatable bonds is 7. The summed E-state index contributed by atoms with van der Waals surface area (Å²) in [6.07, 6.45) is 1.07. The molecule has 0 spiro atoms. The van der Waals surface area contributed by atoms with Gasteiger partial charge in [-0.05, 0) is 25.5 Å². The van der Waals surface area contributed by atoms with Crippen LogP contribution in [0, 0.1) is 6.92 Å². The zero-order chi connectivity index (χ0) is 22.8. The Kier molecular flexibility index (Phi) is 9.83. The molecule has 0 aliphatic heterocycles. The predicted molar refractivity (Wildman–Crippen MR) is 116 cm³/mol. The van der Waals surface area contributed by atoms with E-state index >= 15 is 0 Å². The van der Waals surface area contributed by atoms with E-state index in [1.165, 1.54) is 7.11 Å². The van der Waals surface area contributed by atoms with Gasteiger partial charge < -0.3 is 29.7 Å². The Morgan fingerprint density at radius 1 is 1.37 bits per heavy atom. The van der Waals surface area contributed by atoms with Crippen molar-refractivity contribution in [3.63, 3.8) is 0 Å². The molecule has 3 N–H and O–H groups in total. The Balaban J connectivity index is 0.00000106. The average molecular weight is 437 g/mol. The van der Waals surface area contributed by atoms with E-state index in [9.17, 15) is 14.7 Å². The molecule has 0 bridgehead atoms. The standard InChI is InChI=1S/C18H20N2O5S.C2H6.CH2O/c1-4-10(14-6-5-9(2)25-14)19-11-7-13(21)15(11)20-12-8-26-17(16(12)22)18(23)24-3;2*1-2/h5-6,8,10,19-20,22H,4,7H2,1-3H3;1-2H3;1H2/t10-;;/m1../s1. The van der Waals surface area contributed by atoms with Crippen molar-refractivity contribution in [3.05, 3.63) is 45.3 Å². The number of hydrogen-bond donors (Lipinski definition) is 3. The number of carbonyl (C=O) groups is 3. The SMILES string of the molecule is C=O.CC.CC[C@@H](NC1=C(Nc2csc(C(=O)OC)c2O)C(=O)C1)c1ccc(C)o1. The fourth-order valence-corrected chi connectivity index (χ4v) is 3.51. The lowest BCUT2D eigenvalue weighted by atomic mass is 9.97. The first-order valence-electron chi connectivity index (χ1n) is 9.48. The van der Waals surface area contributed by atoms with Crippen molar-refractivity contribution in [1.82, 2.24) is 5.32 Å². The Morgan fingerprint density at radius 2 is 2.03 bits per heavy atom. The predicted octanol–water partition coefficient (Wildman–Crippen LogP) is 4.32. The summed E-state index contributed by atoms with van der Waals surface area (Å²) in [4.78, 5) is 31.7. The van der Waals surface area contributed by atoms with Gasteiger partial charge in [-0.2, -0.15) is 0 Å². The number of allylic oxidation sites excluding steroid dienone is 2. The normalized spacial score (nSPS) is 13.2. The molecule has 1 aliphatic carbocycles. The molecule has 2 heterocycles. The summed E-state index contributed by atoms with van der Waals surface area (Å²) in [5.74, 6) is 0.732. The van der Waals surface area contributed by atoms with Crippen molar-refractivity contribution in [1.29, 1.82) is 0 Å². The molecule has 3 rings (SSSR count). The van der Waals surface area contributed by atoms with E-state index in [4.69, 9.17) is 9.21 Å². The zero-order valence-corrected chi connectivity index (χ0v) is 18.6. The number of furan rings is 1. The summed E-state index contributed by atoms with van der Waals surface area (Å²) in [5.41, 5.74) is 1.44. The first-order valence-corrected chi connectivity index (χ1v) is 10.4. The molecule has 1 atom stereocenters. The first-order chi connectivity index (χ1) is 14.4. The number of thiophene rings is 1. The summed E-state index contributed by atoms with van der Waals surface area (Å²) in [6.45, 7) is 9.91. The van der Waals surface area contributed by atoms with Crippen LogP contribution in [0.25, 0.3) is 0 Å². The molecule has 8 nitrogen and oxygen atoms in total. The molecule has 0 saturated heterocycles. The van der Waals surface area contributed by atoms with Crippen molar-refractivity contribution in [3.8, 4) is 5.75 Å². The molecule has 2 aromatic rings. The third-order valence-electron chi connectivity index (χ3n) is 4.17. The molecule has 0 radical (unpaired) electrons. The van der Waals surface area contributed by atoms with Gasteiger partial charge in [0.2, 0.25) is 0 Å². The highest BCUT2D eigenvalue weighted by Crippen LogP contribution is 2.37. The molecule has 164 valence electrons. The summed E-state index contributed by atoms with van der Waals surface area (Å²) in [6, 6.07) is 3.76. The fraction of sp³-hybridized carbons (Fsp3) is 0.381. The number of ether oxygens (including phenoxy) is 1. The van der Waals surface area contributed by atoms with Crippen molar-refractivity contribution in [2.75, 3.05) is 12.4 Å². The number of hydrogen-bond acceptors (Lipinski definition) is 9. The molecule has 0 unspecified atom stereocenters. The van der Waals surface area contributed by atoms with Gasteiger partial charge in [-0.25, -0.2) is 4.79 Å². The van der Waals surface area contributed by atoms with E-state index in [2.05, 4.69) is 15.4 Å². The van der Waals surface area contributed by atoms with Crippen LogP contribution in [0.15, 0.2) is 33.3 Å². The van der Waals surface area contributed by atoms with Crippen LogP contribution in [0.1, 0.15) is 60.8 Å². The molecule has 2 aromatic heterocycles. The van der Waals surface area contributed by atoms with E-state index < -0.39 is 5.97 Å². The summed E-state index contributed by atoms with van der Waals surface area (Å²) >= 11 is 1.05. The first kappa shape index (κ1) is 25.0. The van der Waals surface area contributed by atoms with Crippen molar-refractivity contribution >= 4 is 35.6 Å². The van der Waals surface area contributed by atoms with Gasteiger partial charge in [0.15, 0.2) is 16.4 Å². The summed E-state index contributed by atoms with van der Waals surface area (Å²) < 4.78 is 10.3. The Labute approximate surface area is 179 Å². The smallest absolute Gasteiger partial charge is 0.351 e. The van der Waals surface area contributed by atoms with Crippen LogP contribution in [0.2, 0.25) is 0 Å². The second kappa shape index (κ2) is 11.8. The second-order valence-corrected chi connectivity index (χ2v) is 6.83. The van der Waals surface area contributed by atoms with Crippen LogP contribution >= 0.6 is 11.3 Å². The Hall–Kier alpha value is -3.07. The molecular formula is C21H28N2O6S. The van der Waals surface area contributed by atoms with E-state index in [0.29, 0.717) is 11.4 Å². The molecule has 9 heteroatoms. The van der Waals surface area contributed by atoms with Gasteiger partial charge in [0.05, 0.1) is 25.3 Å². The highest BCUT2D eigenvalue weighted by molar-refractivity contribution is 7.13. The van der Waals surface area contributed by atoms with Crippen LogP contribution in [0.3, 0.4) is 0 Å². The van der Waals surface area contributed by atoms with Gasteiger partial charge >= 0.3 is 5.97 Å². The van der Waals surface area contributed by atoms with Crippen molar-refractivity contribution < 1.29 is 28.6 Å². The van der Waals surface area contributed by atoms with Crippen LogP contribution in [-0.4, -0.2) is 30.8 Å². The minimum Gasteiger partial charge on any atom is -0.504 e. The van der Waals surface area contributed by atoms with Gasteiger partial charge in [0, 0.05) is 11.1 Å². The molecule has 0 saturated carbocycles. The van der Waals surface area contributed by atoms with E-state index in [1.807, 2.05) is 46.6 Å². The molecule has 0 amide bonds. The number of ketones is 1. The molecule has 0 aromatic carbocycles. The summed E-state index contributed by atoms with van der Waals surface area (Å²) in [7, 11) is 1.25. The van der Waals surface area contributed by atoms with Gasteiger partial charge in [-0.15, -0.1) is 11.3 Å². The molecule has 0 fully saturated rings. The Morgan fingerprint density at radius 3 is 2.53 bits per heavy atom. The highest BCUT2D eigenvalue weighted by atomic mass is 32.1. The lowest BCUT2D eigenvalue weighted by molar-refractivity contribution is -0.116. The highest BCUT2D eigenvalue weighted by Gasteiger charge is 2.31. The van der Waals surface area contributed by atoms with E-state index in [-0.39, 0.29) is 28.9 Å². The number of carbonyl (C=O) groups excluding carboxylic acids is 3. The monoisotopic (exact) mass is 436 g/mol. The third kappa shape index (κ3) is 5.50. The lowest BCUT2D eigenvalue weighted by Crippen LogP contribution is -2.34. The minimum absolute atomic E-state index is 0.0506. The maximum atomic E-state index is 12.0. The molecule has 1 aliphatic rings. The van der Waals surface area contributed by atoms with Gasteiger partial charge in [0.25, 0.3) is 0 Å². The van der Waals surface area contributed by atoms with Crippen LogP contribution in [0.5, 0.6) is 5.75 Å². The van der Waals surface area contributed by atoms with Crippen LogP contribution < -0.4 is 10.6 Å². The van der Waals surface area contributed by atoms with Gasteiger partial charge in [-0.1, -0.05) is 20.8 Å². The van der Waals surface area contributed by atoms with Crippen LogP contribution in [-0.2, 0) is 14.3 Å². The van der Waals surface area contributed by atoms with Crippen LogP contribution in [0.4, 0.5) is 5.69 Å².